The summed E-state index contributed by atoms with van der Waals surface area (Å²) >= 11 is 0. The average Bonchev–Trinajstić information content (AvgIpc) is 2.90. The zero-order chi connectivity index (χ0) is 26.6. The SMILES string of the molecule is COc1ccccc1-c1ccc2c(c1)O[C@H](CN(C)CC1CCOCC1)[C@@H](C)CN([C@@H](C)CO)S2(=O)=O. The van der Waals surface area contributed by atoms with Crippen molar-refractivity contribution in [2.75, 3.05) is 53.6 Å². The van der Waals surface area contributed by atoms with Crippen molar-refractivity contribution in [3.05, 3.63) is 42.5 Å². The Morgan fingerprint density at radius 1 is 1.16 bits per heavy atom. The van der Waals surface area contributed by atoms with E-state index in [1.807, 2.05) is 31.2 Å². The van der Waals surface area contributed by atoms with Gasteiger partial charge in [-0.05, 0) is 56.5 Å². The van der Waals surface area contributed by atoms with Gasteiger partial charge in [0.2, 0.25) is 10.0 Å². The summed E-state index contributed by atoms with van der Waals surface area (Å²) in [4.78, 5) is 2.41. The molecule has 0 amide bonds. The van der Waals surface area contributed by atoms with Gasteiger partial charge in [-0.25, -0.2) is 8.42 Å². The van der Waals surface area contributed by atoms with Gasteiger partial charge in [-0.1, -0.05) is 31.2 Å². The number of sulfonamides is 1. The quantitative estimate of drug-likeness (QED) is 0.557. The minimum absolute atomic E-state index is 0.0935. The standard InChI is InChI=1S/C28H40N2O6S/c1-20-16-30(21(2)19-31)37(32,33)28-10-9-23(24-7-5-6-8-25(24)34-4)15-26(28)36-27(20)18-29(3)17-22-11-13-35-14-12-22/h5-10,15,20-22,27,31H,11-14,16-19H2,1-4H3/t20-,21-,27+/m0/s1. The summed E-state index contributed by atoms with van der Waals surface area (Å²) in [5.41, 5.74) is 1.67. The van der Waals surface area contributed by atoms with Crippen molar-refractivity contribution < 1.29 is 27.7 Å². The van der Waals surface area contributed by atoms with Gasteiger partial charge in [0.25, 0.3) is 0 Å². The maximum atomic E-state index is 13.8. The van der Waals surface area contributed by atoms with Gasteiger partial charge in [-0.15, -0.1) is 0 Å². The van der Waals surface area contributed by atoms with E-state index in [0.717, 1.165) is 43.7 Å². The van der Waals surface area contributed by atoms with Gasteiger partial charge in [-0.3, -0.25) is 0 Å². The van der Waals surface area contributed by atoms with Crippen LogP contribution in [0, 0.1) is 11.8 Å². The van der Waals surface area contributed by atoms with Crippen molar-refractivity contribution in [2.24, 2.45) is 11.8 Å². The molecule has 1 fully saturated rings. The predicted molar refractivity (Wildman–Crippen MR) is 143 cm³/mol. The molecule has 0 bridgehead atoms. The first-order valence-electron chi connectivity index (χ1n) is 13.1. The first-order chi connectivity index (χ1) is 17.7. The van der Waals surface area contributed by atoms with Crippen molar-refractivity contribution in [3.8, 4) is 22.6 Å². The van der Waals surface area contributed by atoms with Gasteiger partial charge < -0.3 is 24.2 Å². The molecule has 0 saturated carbocycles. The van der Waals surface area contributed by atoms with Crippen LogP contribution in [0.15, 0.2) is 47.4 Å². The zero-order valence-electron chi connectivity index (χ0n) is 22.3. The largest absolute Gasteiger partial charge is 0.496 e. The maximum Gasteiger partial charge on any atom is 0.247 e. The number of aliphatic hydroxyl groups excluding tert-OH is 1. The molecule has 0 spiro atoms. The summed E-state index contributed by atoms with van der Waals surface area (Å²) in [6.07, 6.45) is 1.87. The number of hydrogen-bond acceptors (Lipinski definition) is 7. The topological polar surface area (TPSA) is 88.5 Å². The number of fused-ring (bicyclic) bond motifs is 1. The molecule has 0 radical (unpaired) electrons. The number of nitrogens with zero attached hydrogens (tertiary/aromatic N) is 2. The third kappa shape index (κ3) is 6.29. The first-order valence-corrected chi connectivity index (χ1v) is 14.5. The van der Waals surface area contributed by atoms with Crippen molar-refractivity contribution in [1.82, 2.24) is 9.21 Å². The van der Waals surface area contributed by atoms with Crippen molar-refractivity contribution in [3.63, 3.8) is 0 Å². The molecule has 1 saturated heterocycles. The van der Waals surface area contributed by atoms with Gasteiger partial charge in [0, 0.05) is 50.4 Å². The molecule has 4 rings (SSSR count). The average molecular weight is 533 g/mol. The Bertz CT molecular complexity index is 1150. The summed E-state index contributed by atoms with van der Waals surface area (Å²) in [5, 5.41) is 9.89. The van der Waals surface area contributed by atoms with E-state index in [4.69, 9.17) is 14.2 Å². The molecule has 8 nitrogen and oxygen atoms in total. The van der Waals surface area contributed by atoms with Crippen LogP contribution in [0.3, 0.4) is 0 Å². The lowest BCUT2D eigenvalue weighted by Gasteiger charge is -2.38. The van der Waals surface area contributed by atoms with Crippen LogP contribution in [0.5, 0.6) is 11.5 Å². The molecule has 37 heavy (non-hydrogen) atoms. The summed E-state index contributed by atoms with van der Waals surface area (Å²) < 4.78 is 46.6. The van der Waals surface area contributed by atoms with E-state index < -0.39 is 16.1 Å². The molecule has 2 aliphatic rings. The van der Waals surface area contributed by atoms with Gasteiger partial charge in [-0.2, -0.15) is 4.31 Å². The molecule has 1 N–H and O–H groups in total. The number of rotatable bonds is 8. The van der Waals surface area contributed by atoms with Crippen LogP contribution in [0.25, 0.3) is 11.1 Å². The van der Waals surface area contributed by atoms with Crippen LogP contribution in [0.2, 0.25) is 0 Å². The highest BCUT2D eigenvalue weighted by atomic mass is 32.2. The van der Waals surface area contributed by atoms with Crippen LogP contribution in [-0.2, 0) is 14.8 Å². The van der Waals surface area contributed by atoms with Gasteiger partial charge in [0.05, 0.1) is 13.7 Å². The number of para-hydroxylation sites is 1. The third-order valence-corrected chi connectivity index (χ3v) is 9.51. The normalized spacial score (nSPS) is 23.5. The first kappa shape index (κ1) is 27.9. The summed E-state index contributed by atoms with van der Waals surface area (Å²) in [6, 6.07) is 12.3. The van der Waals surface area contributed by atoms with Crippen LogP contribution in [-0.4, -0.2) is 88.5 Å². The lowest BCUT2D eigenvalue weighted by molar-refractivity contribution is 0.0402. The lowest BCUT2D eigenvalue weighted by atomic mass is 9.98. The van der Waals surface area contributed by atoms with Gasteiger partial charge in [0.15, 0.2) is 0 Å². The number of likely N-dealkylation sites (N-methyl/N-ethyl adjacent to an activating group) is 1. The van der Waals surface area contributed by atoms with E-state index in [2.05, 4.69) is 11.9 Å². The number of benzene rings is 2. The Kier molecular flexibility index (Phi) is 9.13. The number of ether oxygens (including phenoxy) is 3. The molecule has 0 aromatic heterocycles. The van der Waals surface area contributed by atoms with Crippen LogP contribution < -0.4 is 9.47 Å². The third-order valence-electron chi connectivity index (χ3n) is 7.49. The number of methoxy groups -OCH3 is 1. The fourth-order valence-corrected chi connectivity index (χ4v) is 7.07. The highest BCUT2D eigenvalue weighted by Gasteiger charge is 2.38. The molecule has 204 valence electrons. The Balaban J connectivity index is 1.71. The molecule has 2 aromatic rings. The second-order valence-electron chi connectivity index (χ2n) is 10.4. The monoisotopic (exact) mass is 532 g/mol. The number of hydrogen-bond donors (Lipinski definition) is 1. The molecule has 0 aliphatic carbocycles. The molecular weight excluding hydrogens is 492 g/mol. The van der Waals surface area contributed by atoms with E-state index >= 15 is 0 Å². The molecule has 2 aliphatic heterocycles. The van der Waals surface area contributed by atoms with E-state index in [1.54, 1.807) is 32.2 Å². The Morgan fingerprint density at radius 2 is 1.89 bits per heavy atom. The van der Waals surface area contributed by atoms with Crippen molar-refractivity contribution >= 4 is 10.0 Å². The minimum atomic E-state index is -3.89. The predicted octanol–water partition coefficient (Wildman–Crippen LogP) is 3.49. The molecular formula is C28H40N2O6S. The fraction of sp³-hybridized carbons (Fsp3) is 0.571. The Morgan fingerprint density at radius 3 is 2.59 bits per heavy atom. The highest BCUT2D eigenvalue weighted by Crippen LogP contribution is 2.38. The Hall–Kier alpha value is -2.17. The van der Waals surface area contributed by atoms with Crippen molar-refractivity contribution in [1.29, 1.82) is 0 Å². The summed E-state index contributed by atoms with van der Waals surface area (Å²) in [7, 11) is -0.169. The Labute approximate surface area is 221 Å². The van der Waals surface area contributed by atoms with E-state index in [9.17, 15) is 13.5 Å². The molecule has 2 heterocycles. The van der Waals surface area contributed by atoms with Gasteiger partial charge >= 0.3 is 0 Å². The van der Waals surface area contributed by atoms with E-state index in [-0.39, 0.29) is 30.1 Å². The molecule has 3 atom stereocenters. The molecule has 9 heteroatoms. The van der Waals surface area contributed by atoms with Crippen LogP contribution in [0.4, 0.5) is 0 Å². The smallest absolute Gasteiger partial charge is 0.247 e. The molecule has 0 unspecified atom stereocenters. The van der Waals surface area contributed by atoms with Gasteiger partial charge in [0.1, 0.15) is 22.5 Å². The molecule has 2 aromatic carbocycles. The summed E-state index contributed by atoms with van der Waals surface area (Å²) in [6.45, 7) is 7.00. The highest BCUT2D eigenvalue weighted by molar-refractivity contribution is 7.89. The number of aliphatic hydroxyl groups is 1. The second-order valence-corrected chi connectivity index (χ2v) is 12.2. The van der Waals surface area contributed by atoms with Crippen LogP contribution >= 0.6 is 0 Å². The van der Waals surface area contributed by atoms with Crippen molar-refractivity contribution in [2.45, 2.75) is 43.7 Å². The summed E-state index contributed by atoms with van der Waals surface area (Å²) in [5.74, 6) is 1.52. The zero-order valence-corrected chi connectivity index (χ0v) is 23.1. The van der Waals surface area contributed by atoms with E-state index in [0.29, 0.717) is 24.0 Å². The minimum Gasteiger partial charge on any atom is -0.496 e. The van der Waals surface area contributed by atoms with Crippen LogP contribution in [0.1, 0.15) is 26.7 Å². The lowest BCUT2D eigenvalue weighted by Crippen LogP contribution is -2.50. The fourth-order valence-electron chi connectivity index (χ4n) is 5.25. The second kappa shape index (κ2) is 12.1. The maximum absolute atomic E-state index is 13.8. The van der Waals surface area contributed by atoms with E-state index in [1.165, 1.54) is 4.31 Å².